The van der Waals surface area contributed by atoms with E-state index in [1.54, 1.807) is 12.1 Å². The van der Waals surface area contributed by atoms with Gasteiger partial charge >= 0.3 is 0 Å². The number of hydrogen-bond donors (Lipinski definition) is 2. The largest absolute Gasteiger partial charge is 0.506 e. The van der Waals surface area contributed by atoms with Crippen LogP contribution in [0.2, 0.25) is 0 Å². The van der Waals surface area contributed by atoms with Crippen molar-refractivity contribution in [2.24, 2.45) is 0 Å². The van der Waals surface area contributed by atoms with E-state index in [0.29, 0.717) is 12.3 Å². The Bertz CT molecular complexity index is 698. The average Bonchev–Trinajstić information content (AvgIpc) is 2.59. The molecule has 1 aliphatic heterocycles. The first-order chi connectivity index (χ1) is 12.1. The molecule has 0 radical (unpaired) electrons. The van der Waals surface area contributed by atoms with Gasteiger partial charge in [-0.2, -0.15) is 0 Å². The standard InChI is InChI=1S/C20H24N2O3/c1-15-6-5-9-18(23)20(15)21-19(24)12-17-14-22(10-11-25-17)13-16-7-3-2-4-8-16/h2-9,17,23H,10-14H2,1H3,(H,21,24)/t17-/m0/s1. The van der Waals surface area contributed by atoms with Crippen molar-refractivity contribution >= 4 is 11.6 Å². The number of phenolic OH excluding ortho intramolecular Hbond substituents is 1. The number of morpholine rings is 1. The third-order valence-electron chi connectivity index (χ3n) is 4.40. The molecule has 0 aromatic heterocycles. The molecule has 0 aliphatic carbocycles. The highest BCUT2D eigenvalue weighted by Gasteiger charge is 2.23. The van der Waals surface area contributed by atoms with Crippen molar-refractivity contribution in [2.45, 2.75) is 26.0 Å². The van der Waals surface area contributed by atoms with E-state index >= 15 is 0 Å². The van der Waals surface area contributed by atoms with Crippen molar-refractivity contribution in [3.63, 3.8) is 0 Å². The monoisotopic (exact) mass is 340 g/mol. The molecule has 1 fully saturated rings. The zero-order valence-corrected chi connectivity index (χ0v) is 14.4. The summed E-state index contributed by atoms with van der Waals surface area (Å²) in [4.78, 5) is 14.6. The van der Waals surface area contributed by atoms with Crippen LogP contribution in [0.1, 0.15) is 17.5 Å². The summed E-state index contributed by atoms with van der Waals surface area (Å²) in [7, 11) is 0. The fraction of sp³-hybridized carbons (Fsp3) is 0.350. The minimum atomic E-state index is -0.142. The average molecular weight is 340 g/mol. The number of carbonyl (C=O) groups excluding carboxylic acids is 1. The number of para-hydroxylation sites is 1. The molecule has 0 spiro atoms. The maximum Gasteiger partial charge on any atom is 0.227 e. The molecule has 0 unspecified atom stereocenters. The summed E-state index contributed by atoms with van der Waals surface area (Å²) in [6.45, 7) is 4.93. The molecule has 132 valence electrons. The van der Waals surface area contributed by atoms with Crippen LogP contribution < -0.4 is 5.32 Å². The molecule has 5 nitrogen and oxygen atoms in total. The number of nitrogens with one attached hydrogen (secondary N) is 1. The van der Waals surface area contributed by atoms with Crippen molar-refractivity contribution in [2.75, 3.05) is 25.0 Å². The minimum Gasteiger partial charge on any atom is -0.506 e. The predicted molar refractivity (Wildman–Crippen MR) is 97.5 cm³/mol. The number of carbonyl (C=O) groups is 1. The highest BCUT2D eigenvalue weighted by atomic mass is 16.5. The molecule has 3 rings (SSSR count). The number of anilines is 1. The summed E-state index contributed by atoms with van der Waals surface area (Å²) in [6, 6.07) is 15.5. The van der Waals surface area contributed by atoms with Gasteiger partial charge in [-0.25, -0.2) is 0 Å². The summed E-state index contributed by atoms with van der Waals surface area (Å²) in [5, 5.41) is 12.7. The maximum atomic E-state index is 12.3. The van der Waals surface area contributed by atoms with Gasteiger partial charge in [0.1, 0.15) is 5.75 Å². The van der Waals surface area contributed by atoms with Gasteiger partial charge < -0.3 is 15.2 Å². The predicted octanol–water partition coefficient (Wildman–Crippen LogP) is 2.93. The molecule has 1 amide bonds. The lowest BCUT2D eigenvalue weighted by molar-refractivity contribution is -0.121. The number of hydrogen-bond acceptors (Lipinski definition) is 4. The van der Waals surface area contributed by atoms with Gasteiger partial charge in [-0.05, 0) is 24.1 Å². The number of amides is 1. The molecule has 1 heterocycles. The molecule has 1 atom stereocenters. The van der Waals surface area contributed by atoms with E-state index in [2.05, 4.69) is 22.3 Å². The Morgan fingerprint density at radius 2 is 2.04 bits per heavy atom. The van der Waals surface area contributed by atoms with E-state index in [-0.39, 0.29) is 24.2 Å². The summed E-state index contributed by atoms with van der Waals surface area (Å²) in [5.41, 5.74) is 2.57. The Morgan fingerprint density at radius 3 is 2.80 bits per heavy atom. The van der Waals surface area contributed by atoms with Gasteiger partial charge in [-0.15, -0.1) is 0 Å². The molecule has 2 aromatic rings. The SMILES string of the molecule is Cc1cccc(O)c1NC(=O)C[C@H]1CN(Cc2ccccc2)CCO1. The van der Waals surface area contributed by atoms with Gasteiger partial charge in [-0.1, -0.05) is 42.5 Å². The molecule has 0 saturated carbocycles. The number of nitrogens with zero attached hydrogens (tertiary/aromatic N) is 1. The zero-order chi connectivity index (χ0) is 17.6. The summed E-state index contributed by atoms with van der Waals surface area (Å²) < 4.78 is 5.75. The third kappa shape index (κ3) is 4.81. The fourth-order valence-corrected chi connectivity index (χ4v) is 3.10. The number of phenols is 1. The highest BCUT2D eigenvalue weighted by molar-refractivity contribution is 5.93. The van der Waals surface area contributed by atoms with Gasteiger partial charge in [0, 0.05) is 19.6 Å². The van der Waals surface area contributed by atoms with Crippen molar-refractivity contribution < 1.29 is 14.6 Å². The highest BCUT2D eigenvalue weighted by Crippen LogP contribution is 2.26. The van der Waals surface area contributed by atoms with Crippen LogP contribution in [0, 0.1) is 6.92 Å². The van der Waals surface area contributed by atoms with Crippen molar-refractivity contribution in [3.05, 3.63) is 59.7 Å². The fourth-order valence-electron chi connectivity index (χ4n) is 3.10. The Kier molecular flexibility index (Phi) is 5.68. The summed E-state index contributed by atoms with van der Waals surface area (Å²) >= 11 is 0. The lowest BCUT2D eigenvalue weighted by Crippen LogP contribution is -2.43. The molecule has 2 N–H and O–H groups in total. The summed E-state index contributed by atoms with van der Waals surface area (Å²) in [6.07, 6.45) is 0.141. The van der Waals surface area contributed by atoms with Crippen molar-refractivity contribution in [1.29, 1.82) is 0 Å². The third-order valence-corrected chi connectivity index (χ3v) is 4.40. The first kappa shape index (κ1) is 17.5. The van der Waals surface area contributed by atoms with Crippen molar-refractivity contribution in [1.82, 2.24) is 4.90 Å². The molecular weight excluding hydrogens is 316 g/mol. The Balaban J connectivity index is 1.54. The van der Waals surface area contributed by atoms with Gasteiger partial charge in [0.15, 0.2) is 0 Å². The summed E-state index contributed by atoms with van der Waals surface area (Å²) in [5.74, 6) is -0.0558. The van der Waals surface area contributed by atoms with Gasteiger partial charge in [0.05, 0.1) is 24.8 Å². The van der Waals surface area contributed by atoms with E-state index in [1.165, 1.54) is 5.56 Å². The molecule has 5 heteroatoms. The number of benzene rings is 2. The Morgan fingerprint density at radius 1 is 1.24 bits per heavy atom. The van der Waals surface area contributed by atoms with E-state index in [9.17, 15) is 9.90 Å². The first-order valence-electron chi connectivity index (χ1n) is 8.58. The molecule has 0 bridgehead atoms. The normalized spacial score (nSPS) is 18.0. The van der Waals surface area contributed by atoms with Crippen LogP contribution in [-0.2, 0) is 16.1 Å². The van der Waals surface area contributed by atoms with Gasteiger partial charge in [-0.3, -0.25) is 9.69 Å². The maximum absolute atomic E-state index is 12.3. The van der Waals surface area contributed by atoms with Crippen LogP contribution in [0.25, 0.3) is 0 Å². The van der Waals surface area contributed by atoms with Crippen LogP contribution >= 0.6 is 0 Å². The minimum absolute atomic E-state index is 0.0867. The molecule has 1 aliphatic rings. The smallest absolute Gasteiger partial charge is 0.227 e. The molecular formula is C20H24N2O3. The van der Waals surface area contributed by atoms with E-state index < -0.39 is 0 Å². The second-order valence-electron chi connectivity index (χ2n) is 6.43. The lowest BCUT2D eigenvalue weighted by Gasteiger charge is -2.32. The van der Waals surface area contributed by atoms with Gasteiger partial charge in [0.25, 0.3) is 0 Å². The molecule has 1 saturated heterocycles. The molecule has 25 heavy (non-hydrogen) atoms. The topological polar surface area (TPSA) is 61.8 Å². The number of aromatic hydroxyl groups is 1. The number of ether oxygens (including phenoxy) is 1. The second-order valence-corrected chi connectivity index (χ2v) is 6.43. The Hall–Kier alpha value is -2.37. The second kappa shape index (κ2) is 8.14. The van der Waals surface area contributed by atoms with Crippen LogP contribution in [0.4, 0.5) is 5.69 Å². The number of rotatable bonds is 5. The quantitative estimate of drug-likeness (QED) is 0.822. The number of aryl methyl sites for hydroxylation is 1. The van der Waals surface area contributed by atoms with Crippen LogP contribution in [0.5, 0.6) is 5.75 Å². The van der Waals surface area contributed by atoms with Gasteiger partial charge in [0.2, 0.25) is 5.91 Å². The Labute approximate surface area is 148 Å². The van der Waals surface area contributed by atoms with Crippen LogP contribution in [0.3, 0.4) is 0 Å². The lowest BCUT2D eigenvalue weighted by atomic mass is 10.1. The van der Waals surface area contributed by atoms with E-state index in [4.69, 9.17) is 4.74 Å². The molecule has 2 aromatic carbocycles. The van der Waals surface area contributed by atoms with Crippen LogP contribution in [0.15, 0.2) is 48.5 Å². The zero-order valence-electron chi connectivity index (χ0n) is 14.4. The van der Waals surface area contributed by atoms with Crippen molar-refractivity contribution in [3.8, 4) is 5.75 Å². The van der Waals surface area contributed by atoms with Crippen LogP contribution in [-0.4, -0.2) is 41.7 Å². The van der Waals surface area contributed by atoms with E-state index in [0.717, 1.165) is 25.2 Å². The first-order valence-corrected chi connectivity index (χ1v) is 8.58. The van der Waals surface area contributed by atoms with E-state index in [1.807, 2.05) is 31.2 Å².